The van der Waals surface area contributed by atoms with Crippen LogP contribution in [-0.2, 0) is 6.54 Å². The molecule has 0 bridgehead atoms. The monoisotopic (exact) mass is 257 g/mol. The van der Waals surface area contributed by atoms with Gasteiger partial charge in [0.2, 0.25) is 0 Å². The van der Waals surface area contributed by atoms with Crippen molar-refractivity contribution in [2.75, 3.05) is 13.1 Å². The van der Waals surface area contributed by atoms with E-state index in [1.54, 1.807) is 0 Å². The van der Waals surface area contributed by atoms with Crippen LogP contribution >= 0.6 is 15.9 Å². The standard InChI is InChI=1S/C10H16BrN3/c11-9-3-1-2-8(4-9)6-14-7-10(13)5-12/h1-4,10,14H,5-7,12-13H2. The Labute approximate surface area is 93.0 Å². The molecule has 0 amide bonds. The van der Waals surface area contributed by atoms with Gasteiger partial charge in [-0.2, -0.15) is 0 Å². The van der Waals surface area contributed by atoms with Crippen molar-refractivity contribution in [1.29, 1.82) is 0 Å². The van der Waals surface area contributed by atoms with Gasteiger partial charge < -0.3 is 16.8 Å². The number of nitrogens with two attached hydrogens (primary N) is 2. The van der Waals surface area contributed by atoms with Crippen molar-refractivity contribution < 1.29 is 0 Å². The second kappa shape index (κ2) is 6.14. The normalized spacial score (nSPS) is 12.8. The van der Waals surface area contributed by atoms with Crippen molar-refractivity contribution in [3.63, 3.8) is 0 Å². The molecule has 0 spiro atoms. The van der Waals surface area contributed by atoms with Crippen LogP contribution in [0.1, 0.15) is 5.56 Å². The Kier molecular flexibility index (Phi) is 5.11. The molecular weight excluding hydrogens is 242 g/mol. The summed E-state index contributed by atoms with van der Waals surface area (Å²) in [5.41, 5.74) is 12.3. The lowest BCUT2D eigenvalue weighted by atomic mass is 10.2. The molecule has 0 radical (unpaired) electrons. The molecule has 5 N–H and O–H groups in total. The van der Waals surface area contributed by atoms with Gasteiger partial charge >= 0.3 is 0 Å². The van der Waals surface area contributed by atoms with Crippen molar-refractivity contribution >= 4 is 15.9 Å². The highest BCUT2D eigenvalue weighted by molar-refractivity contribution is 9.10. The van der Waals surface area contributed by atoms with E-state index in [-0.39, 0.29) is 6.04 Å². The molecule has 3 nitrogen and oxygen atoms in total. The summed E-state index contributed by atoms with van der Waals surface area (Å²) in [5, 5.41) is 3.25. The van der Waals surface area contributed by atoms with Gasteiger partial charge in [0.15, 0.2) is 0 Å². The van der Waals surface area contributed by atoms with Gasteiger partial charge in [-0.15, -0.1) is 0 Å². The summed E-state index contributed by atoms with van der Waals surface area (Å²) in [6, 6.07) is 8.23. The molecule has 0 saturated heterocycles. The summed E-state index contributed by atoms with van der Waals surface area (Å²) < 4.78 is 1.10. The largest absolute Gasteiger partial charge is 0.329 e. The molecule has 1 aromatic rings. The highest BCUT2D eigenvalue weighted by atomic mass is 79.9. The minimum absolute atomic E-state index is 0.0437. The first-order valence-electron chi connectivity index (χ1n) is 4.63. The van der Waals surface area contributed by atoms with Crippen LogP contribution < -0.4 is 16.8 Å². The Bertz CT molecular complexity index is 278. The molecule has 0 aliphatic heterocycles. The molecular formula is C10H16BrN3. The molecule has 1 aromatic carbocycles. The predicted molar refractivity (Wildman–Crippen MR) is 62.9 cm³/mol. The summed E-state index contributed by atoms with van der Waals surface area (Å²) >= 11 is 3.42. The second-order valence-corrected chi connectivity index (χ2v) is 4.17. The van der Waals surface area contributed by atoms with Crippen LogP contribution in [0.25, 0.3) is 0 Å². The molecule has 1 unspecified atom stereocenters. The van der Waals surface area contributed by atoms with Crippen molar-refractivity contribution in [3.8, 4) is 0 Å². The fourth-order valence-corrected chi connectivity index (χ4v) is 1.58. The van der Waals surface area contributed by atoms with Crippen molar-refractivity contribution in [3.05, 3.63) is 34.3 Å². The maximum absolute atomic E-state index is 5.67. The van der Waals surface area contributed by atoms with Gasteiger partial charge in [-0.3, -0.25) is 0 Å². The molecule has 1 atom stereocenters. The fourth-order valence-electron chi connectivity index (χ4n) is 1.13. The number of rotatable bonds is 5. The molecule has 78 valence electrons. The van der Waals surface area contributed by atoms with Crippen LogP contribution in [0.15, 0.2) is 28.7 Å². The Balaban J connectivity index is 2.31. The first-order chi connectivity index (χ1) is 6.72. The van der Waals surface area contributed by atoms with Crippen molar-refractivity contribution in [2.45, 2.75) is 12.6 Å². The molecule has 0 heterocycles. The van der Waals surface area contributed by atoms with E-state index in [2.05, 4.69) is 33.4 Å². The topological polar surface area (TPSA) is 64.1 Å². The van der Waals surface area contributed by atoms with Crippen LogP contribution in [0.3, 0.4) is 0 Å². The Morgan fingerprint density at radius 2 is 2.21 bits per heavy atom. The smallest absolute Gasteiger partial charge is 0.0290 e. The van der Waals surface area contributed by atoms with Gasteiger partial charge in [0.05, 0.1) is 0 Å². The summed E-state index contributed by atoms with van der Waals surface area (Å²) in [6.07, 6.45) is 0. The first-order valence-corrected chi connectivity index (χ1v) is 5.42. The molecule has 0 saturated carbocycles. The number of nitrogens with one attached hydrogen (secondary N) is 1. The minimum atomic E-state index is 0.0437. The van der Waals surface area contributed by atoms with Crippen LogP contribution in [0.5, 0.6) is 0 Å². The number of hydrogen-bond acceptors (Lipinski definition) is 3. The highest BCUT2D eigenvalue weighted by Crippen LogP contribution is 2.11. The van der Waals surface area contributed by atoms with Gasteiger partial charge in [0.1, 0.15) is 0 Å². The number of benzene rings is 1. The van der Waals surface area contributed by atoms with E-state index in [1.165, 1.54) is 5.56 Å². The van der Waals surface area contributed by atoms with Gasteiger partial charge in [0.25, 0.3) is 0 Å². The summed E-state index contributed by atoms with van der Waals surface area (Å²) in [6.45, 7) is 2.10. The third-order valence-corrected chi connectivity index (χ3v) is 2.42. The Morgan fingerprint density at radius 1 is 1.43 bits per heavy atom. The van der Waals surface area contributed by atoms with Crippen molar-refractivity contribution in [1.82, 2.24) is 5.32 Å². The SMILES string of the molecule is NCC(N)CNCc1cccc(Br)c1. The van der Waals surface area contributed by atoms with E-state index in [9.17, 15) is 0 Å². The van der Waals surface area contributed by atoms with Gasteiger partial charge in [0, 0.05) is 30.1 Å². The zero-order chi connectivity index (χ0) is 10.4. The Hall–Kier alpha value is -0.420. The van der Waals surface area contributed by atoms with Crippen LogP contribution in [0, 0.1) is 0 Å². The van der Waals surface area contributed by atoms with E-state index < -0.39 is 0 Å². The van der Waals surface area contributed by atoms with Gasteiger partial charge in [-0.25, -0.2) is 0 Å². The quantitative estimate of drug-likeness (QED) is 0.732. The predicted octanol–water partition coefficient (Wildman–Crippen LogP) is 0.825. The van der Waals surface area contributed by atoms with Gasteiger partial charge in [-0.1, -0.05) is 28.1 Å². The number of halogens is 1. The fraction of sp³-hybridized carbons (Fsp3) is 0.400. The molecule has 0 aliphatic carbocycles. The summed E-state index contributed by atoms with van der Waals surface area (Å²) in [7, 11) is 0. The average molecular weight is 258 g/mol. The van der Waals surface area contributed by atoms with Gasteiger partial charge in [-0.05, 0) is 17.7 Å². The van der Waals surface area contributed by atoms with Crippen LogP contribution in [0.4, 0.5) is 0 Å². The molecule has 0 fully saturated rings. The second-order valence-electron chi connectivity index (χ2n) is 3.26. The lowest BCUT2D eigenvalue weighted by Gasteiger charge is -2.10. The third kappa shape index (κ3) is 4.19. The van der Waals surface area contributed by atoms with E-state index in [1.807, 2.05) is 12.1 Å². The van der Waals surface area contributed by atoms with E-state index >= 15 is 0 Å². The van der Waals surface area contributed by atoms with E-state index in [0.29, 0.717) is 6.54 Å². The summed E-state index contributed by atoms with van der Waals surface area (Å²) in [5.74, 6) is 0. The van der Waals surface area contributed by atoms with E-state index in [0.717, 1.165) is 17.6 Å². The molecule has 0 aliphatic rings. The maximum Gasteiger partial charge on any atom is 0.0290 e. The zero-order valence-electron chi connectivity index (χ0n) is 8.04. The zero-order valence-corrected chi connectivity index (χ0v) is 9.63. The highest BCUT2D eigenvalue weighted by Gasteiger charge is 1.98. The average Bonchev–Trinajstić information content (AvgIpc) is 2.17. The first kappa shape index (κ1) is 11.7. The van der Waals surface area contributed by atoms with Crippen molar-refractivity contribution in [2.24, 2.45) is 11.5 Å². The minimum Gasteiger partial charge on any atom is -0.329 e. The molecule has 14 heavy (non-hydrogen) atoms. The molecule has 4 heteroatoms. The van der Waals surface area contributed by atoms with Crippen LogP contribution in [-0.4, -0.2) is 19.1 Å². The maximum atomic E-state index is 5.67. The summed E-state index contributed by atoms with van der Waals surface area (Å²) in [4.78, 5) is 0. The molecule has 0 aromatic heterocycles. The third-order valence-electron chi connectivity index (χ3n) is 1.93. The van der Waals surface area contributed by atoms with E-state index in [4.69, 9.17) is 11.5 Å². The Morgan fingerprint density at radius 3 is 2.86 bits per heavy atom. The lowest BCUT2D eigenvalue weighted by molar-refractivity contribution is 0.582. The van der Waals surface area contributed by atoms with Crippen LogP contribution in [0.2, 0.25) is 0 Å². The molecule has 1 rings (SSSR count). The number of hydrogen-bond donors (Lipinski definition) is 3. The lowest BCUT2D eigenvalue weighted by Crippen LogP contribution is -2.39.